The van der Waals surface area contributed by atoms with E-state index in [2.05, 4.69) is 30.5 Å². The third-order valence-electron chi connectivity index (χ3n) is 2.00. The Balaban J connectivity index is 2.60. The Labute approximate surface area is 117 Å². The fourth-order valence-corrected chi connectivity index (χ4v) is 1.92. The SMILES string of the molecule is CN(C)CCCOc1ncc(Br)cc1NS(=O)O. The molecule has 0 spiro atoms. The number of pyridine rings is 1. The van der Waals surface area contributed by atoms with Crippen LogP contribution < -0.4 is 9.46 Å². The maximum Gasteiger partial charge on any atom is 0.259 e. The van der Waals surface area contributed by atoms with Gasteiger partial charge < -0.3 is 9.64 Å². The largest absolute Gasteiger partial charge is 0.476 e. The summed E-state index contributed by atoms with van der Waals surface area (Å²) in [7, 11) is 3.97. The van der Waals surface area contributed by atoms with Gasteiger partial charge in [0.1, 0.15) is 5.69 Å². The molecule has 1 aromatic rings. The summed E-state index contributed by atoms with van der Waals surface area (Å²) >= 11 is 1.09. The minimum atomic E-state index is -2.15. The molecule has 1 rings (SSSR count). The van der Waals surface area contributed by atoms with Crippen molar-refractivity contribution in [2.75, 3.05) is 32.0 Å². The van der Waals surface area contributed by atoms with Gasteiger partial charge in [0.25, 0.3) is 11.3 Å². The zero-order valence-electron chi connectivity index (χ0n) is 10.2. The average Bonchev–Trinajstić information content (AvgIpc) is 2.25. The van der Waals surface area contributed by atoms with Gasteiger partial charge in [-0.25, -0.2) is 9.19 Å². The molecule has 0 fully saturated rings. The molecule has 0 bridgehead atoms. The second-order valence-corrected chi connectivity index (χ2v) is 5.48. The zero-order chi connectivity index (χ0) is 13.5. The first-order valence-corrected chi connectivity index (χ1v) is 7.19. The second kappa shape index (κ2) is 7.67. The lowest BCUT2D eigenvalue weighted by molar-refractivity contribution is 0.274. The molecule has 0 saturated heterocycles. The summed E-state index contributed by atoms with van der Waals surface area (Å²) in [5, 5.41) is 0. The van der Waals surface area contributed by atoms with E-state index in [-0.39, 0.29) is 0 Å². The third-order valence-corrected chi connectivity index (χ3v) is 2.83. The van der Waals surface area contributed by atoms with Crippen molar-refractivity contribution >= 4 is 32.9 Å². The minimum absolute atomic E-state index is 0.319. The molecule has 0 aliphatic heterocycles. The quantitative estimate of drug-likeness (QED) is 0.585. The summed E-state index contributed by atoms with van der Waals surface area (Å²) in [6.45, 7) is 1.41. The number of hydrogen-bond donors (Lipinski definition) is 2. The first-order valence-electron chi connectivity index (χ1n) is 5.29. The van der Waals surface area contributed by atoms with Crippen LogP contribution in [0.4, 0.5) is 5.69 Å². The minimum Gasteiger partial charge on any atom is -0.476 e. The lowest BCUT2D eigenvalue weighted by Crippen LogP contribution is -2.16. The molecule has 102 valence electrons. The molecule has 0 aliphatic rings. The van der Waals surface area contributed by atoms with Crippen LogP contribution in [0.2, 0.25) is 0 Å². The van der Waals surface area contributed by atoms with Crippen LogP contribution in [0.25, 0.3) is 0 Å². The van der Waals surface area contributed by atoms with Crippen molar-refractivity contribution in [3.8, 4) is 5.88 Å². The summed E-state index contributed by atoms with van der Waals surface area (Å²) in [6, 6.07) is 1.64. The van der Waals surface area contributed by atoms with Crippen LogP contribution in [-0.4, -0.2) is 45.9 Å². The van der Waals surface area contributed by atoms with Crippen molar-refractivity contribution in [3.63, 3.8) is 0 Å². The fraction of sp³-hybridized carbons (Fsp3) is 0.500. The van der Waals surface area contributed by atoms with Gasteiger partial charge in [-0.15, -0.1) is 0 Å². The van der Waals surface area contributed by atoms with Crippen LogP contribution in [0.15, 0.2) is 16.7 Å². The molecule has 0 saturated carbocycles. The van der Waals surface area contributed by atoms with Gasteiger partial charge in [0.05, 0.1) is 6.61 Å². The van der Waals surface area contributed by atoms with E-state index in [0.29, 0.717) is 22.6 Å². The summed E-state index contributed by atoms with van der Waals surface area (Å²) in [5.41, 5.74) is 0.384. The van der Waals surface area contributed by atoms with E-state index in [1.54, 1.807) is 12.3 Å². The highest BCUT2D eigenvalue weighted by molar-refractivity contribution is 9.10. The number of hydrogen-bond acceptors (Lipinski definition) is 4. The van der Waals surface area contributed by atoms with E-state index in [1.807, 2.05) is 14.1 Å². The Morgan fingerprint density at radius 1 is 1.61 bits per heavy atom. The molecule has 0 radical (unpaired) electrons. The Bertz CT molecular complexity index is 417. The highest BCUT2D eigenvalue weighted by atomic mass is 79.9. The highest BCUT2D eigenvalue weighted by Gasteiger charge is 2.08. The molecular formula is C10H16BrN3O3S. The average molecular weight is 338 g/mol. The summed E-state index contributed by atoms with van der Waals surface area (Å²) in [6.07, 6.45) is 2.43. The third kappa shape index (κ3) is 5.76. The zero-order valence-corrected chi connectivity index (χ0v) is 12.6. The standard InChI is InChI=1S/C10H16BrN3O3S/c1-14(2)4-3-5-17-10-9(13-18(15)16)6-8(11)7-12-10/h6-7,13H,3-5H2,1-2H3,(H,15,16). The van der Waals surface area contributed by atoms with Crippen molar-refractivity contribution in [1.29, 1.82) is 0 Å². The highest BCUT2D eigenvalue weighted by Crippen LogP contribution is 2.25. The molecule has 8 heteroatoms. The van der Waals surface area contributed by atoms with Gasteiger partial charge in [-0.3, -0.25) is 9.27 Å². The maximum absolute atomic E-state index is 10.7. The van der Waals surface area contributed by atoms with Crippen molar-refractivity contribution in [2.45, 2.75) is 6.42 Å². The molecule has 6 nitrogen and oxygen atoms in total. The van der Waals surface area contributed by atoms with Crippen LogP contribution in [0.5, 0.6) is 5.88 Å². The molecular weight excluding hydrogens is 322 g/mol. The van der Waals surface area contributed by atoms with Gasteiger partial charge in [0.15, 0.2) is 0 Å². The summed E-state index contributed by atoms with van der Waals surface area (Å²) in [5.74, 6) is 0.319. The van der Waals surface area contributed by atoms with Crippen molar-refractivity contribution in [2.24, 2.45) is 0 Å². The van der Waals surface area contributed by atoms with Crippen molar-refractivity contribution in [1.82, 2.24) is 9.88 Å². The second-order valence-electron chi connectivity index (χ2n) is 3.86. The first kappa shape index (κ1) is 15.4. The Hall–Kier alpha value is -0.700. The number of aromatic nitrogens is 1. The van der Waals surface area contributed by atoms with Crippen molar-refractivity contribution in [3.05, 3.63) is 16.7 Å². The molecule has 1 unspecified atom stereocenters. The Kier molecular flexibility index (Phi) is 6.55. The predicted octanol–water partition coefficient (Wildman–Crippen LogP) is 1.72. The summed E-state index contributed by atoms with van der Waals surface area (Å²) < 4.78 is 28.1. The molecule has 0 aromatic carbocycles. The van der Waals surface area contributed by atoms with Gasteiger partial charge in [-0.1, -0.05) is 0 Å². The molecule has 0 aliphatic carbocycles. The molecule has 1 heterocycles. The smallest absolute Gasteiger partial charge is 0.259 e. The van der Waals surface area contributed by atoms with Crippen LogP contribution in [0.3, 0.4) is 0 Å². The fourth-order valence-electron chi connectivity index (χ4n) is 1.26. The number of anilines is 1. The topological polar surface area (TPSA) is 74.7 Å². The van der Waals surface area contributed by atoms with Crippen LogP contribution in [0.1, 0.15) is 6.42 Å². The molecule has 1 atom stereocenters. The normalized spacial score (nSPS) is 12.5. The first-order chi connectivity index (χ1) is 8.49. The van der Waals surface area contributed by atoms with E-state index in [1.165, 1.54) is 0 Å². The lowest BCUT2D eigenvalue weighted by atomic mass is 10.4. The molecule has 0 amide bonds. The maximum atomic E-state index is 10.7. The number of rotatable bonds is 7. The van der Waals surface area contributed by atoms with E-state index in [0.717, 1.165) is 13.0 Å². The number of halogens is 1. The number of ether oxygens (including phenoxy) is 1. The van der Waals surface area contributed by atoms with Crippen LogP contribution in [0, 0.1) is 0 Å². The van der Waals surface area contributed by atoms with Gasteiger partial charge >= 0.3 is 0 Å². The molecule has 18 heavy (non-hydrogen) atoms. The monoisotopic (exact) mass is 337 g/mol. The molecule has 1 aromatic heterocycles. The number of nitrogens with one attached hydrogen (secondary N) is 1. The van der Waals surface area contributed by atoms with E-state index in [4.69, 9.17) is 9.29 Å². The van der Waals surface area contributed by atoms with Gasteiger partial charge in [-0.2, -0.15) is 0 Å². The van der Waals surface area contributed by atoms with E-state index < -0.39 is 11.3 Å². The van der Waals surface area contributed by atoms with Crippen molar-refractivity contribution < 1.29 is 13.5 Å². The predicted molar refractivity (Wildman–Crippen MR) is 75.0 cm³/mol. The number of nitrogens with zero attached hydrogens (tertiary/aromatic N) is 2. The van der Waals surface area contributed by atoms with E-state index in [9.17, 15) is 4.21 Å². The van der Waals surface area contributed by atoms with Gasteiger partial charge in [0, 0.05) is 17.2 Å². The lowest BCUT2D eigenvalue weighted by Gasteiger charge is -2.12. The Morgan fingerprint density at radius 3 is 2.94 bits per heavy atom. The van der Waals surface area contributed by atoms with Crippen LogP contribution in [-0.2, 0) is 11.3 Å². The van der Waals surface area contributed by atoms with E-state index >= 15 is 0 Å². The Morgan fingerprint density at radius 2 is 2.33 bits per heavy atom. The molecule has 2 N–H and O–H groups in total. The van der Waals surface area contributed by atoms with Crippen LogP contribution >= 0.6 is 15.9 Å². The van der Waals surface area contributed by atoms with Gasteiger partial charge in [0.2, 0.25) is 5.88 Å². The van der Waals surface area contributed by atoms with Gasteiger partial charge in [-0.05, 0) is 42.5 Å². The summed E-state index contributed by atoms with van der Waals surface area (Å²) in [4.78, 5) is 6.11.